The van der Waals surface area contributed by atoms with Crippen LogP contribution in [0.2, 0.25) is 0 Å². The van der Waals surface area contributed by atoms with Crippen LogP contribution < -0.4 is 5.32 Å². The highest BCUT2D eigenvalue weighted by molar-refractivity contribution is 5.77. The van der Waals surface area contributed by atoms with Crippen molar-refractivity contribution in [2.45, 2.75) is 68.7 Å². The van der Waals surface area contributed by atoms with Crippen molar-refractivity contribution in [1.29, 1.82) is 0 Å². The van der Waals surface area contributed by atoms with E-state index in [1.54, 1.807) is 0 Å². The molecule has 1 saturated carbocycles. The third kappa shape index (κ3) is 2.75. The predicted molar refractivity (Wildman–Crippen MR) is 90.4 cm³/mol. The number of likely N-dealkylation sites (tertiary alicyclic amines) is 1. The number of aryl methyl sites for hydroxylation is 1. The van der Waals surface area contributed by atoms with Crippen LogP contribution in [0.4, 0.5) is 0 Å². The second kappa shape index (κ2) is 6.15. The van der Waals surface area contributed by atoms with Crippen molar-refractivity contribution in [3.8, 4) is 0 Å². The van der Waals surface area contributed by atoms with E-state index in [1.807, 2.05) is 36.0 Å². The van der Waals surface area contributed by atoms with Crippen molar-refractivity contribution in [2.75, 3.05) is 13.7 Å². The van der Waals surface area contributed by atoms with Gasteiger partial charge in [0, 0.05) is 51.6 Å². The fourth-order valence-electron chi connectivity index (χ4n) is 4.62. The Morgan fingerprint density at radius 1 is 1.33 bits per heavy atom. The van der Waals surface area contributed by atoms with Crippen LogP contribution in [0.15, 0.2) is 12.4 Å². The molecule has 1 unspecified atom stereocenters. The van der Waals surface area contributed by atoms with Crippen LogP contribution in [0, 0.1) is 0 Å². The van der Waals surface area contributed by atoms with E-state index in [0.717, 1.165) is 31.7 Å². The Labute approximate surface area is 143 Å². The van der Waals surface area contributed by atoms with Gasteiger partial charge in [-0.05, 0) is 38.5 Å². The van der Waals surface area contributed by atoms with Crippen molar-refractivity contribution in [1.82, 2.24) is 19.8 Å². The molecule has 2 saturated heterocycles. The SMILES string of the molecule is CN1C(=O)CC[C@@H](NC2CCOC3(CCC3)C2)[C@@H]1c1nccn1C. The van der Waals surface area contributed by atoms with Crippen molar-refractivity contribution < 1.29 is 9.53 Å². The van der Waals surface area contributed by atoms with Gasteiger partial charge in [-0.1, -0.05) is 0 Å². The largest absolute Gasteiger partial charge is 0.375 e. The van der Waals surface area contributed by atoms with Crippen LogP contribution in [0.5, 0.6) is 0 Å². The Morgan fingerprint density at radius 2 is 2.17 bits per heavy atom. The lowest BCUT2D eigenvalue weighted by molar-refractivity contribution is -0.142. The van der Waals surface area contributed by atoms with E-state index in [4.69, 9.17) is 4.74 Å². The monoisotopic (exact) mass is 332 g/mol. The lowest BCUT2D eigenvalue weighted by atomic mass is 9.73. The number of carbonyl (C=O) groups excluding carboxylic acids is 1. The summed E-state index contributed by atoms with van der Waals surface area (Å²) in [4.78, 5) is 18.7. The number of amides is 1. The third-order valence-electron chi connectivity index (χ3n) is 6.19. The highest BCUT2D eigenvalue weighted by atomic mass is 16.5. The first-order chi connectivity index (χ1) is 11.6. The Kier molecular flexibility index (Phi) is 4.12. The van der Waals surface area contributed by atoms with E-state index in [2.05, 4.69) is 10.3 Å². The highest BCUT2D eigenvalue weighted by Gasteiger charge is 2.44. The third-order valence-corrected chi connectivity index (χ3v) is 6.19. The standard InChI is InChI=1S/C18H28N4O2/c1-21-10-9-19-17(21)16-14(4-5-15(23)22(16)2)20-13-6-11-24-18(12-13)7-3-8-18/h9-10,13-14,16,20H,3-8,11-12H2,1-2H3/t13?,14-,16-/m1/s1. The molecule has 3 aliphatic rings. The first-order valence-corrected chi connectivity index (χ1v) is 9.21. The number of ether oxygens (including phenoxy) is 1. The Morgan fingerprint density at radius 3 is 2.83 bits per heavy atom. The van der Waals surface area contributed by atoms with Gasteiger partial charge in [0.25, 0.3) is 0 Å². The minimum atomic E-state index is 0.00596. The number of imidazole rings is 1. The maximum absolute atomic E-state index is 12.2. The topological polar surface area (TPSA) is 59.4 Å². The van der Waals surface area contributed by atoms with Gasteiger partial charge in [0.15, 0.2) is 0 Å². The zero-order valence-corrected chi connectivity index (χ0v) is 14.7. The summed E-state index contributed by atoms with van der Waals surface area (Å²) in [6.45, 7) is 0.853. The first kappa shape index (κ1) is 16.1. The second-order valence-corrected chi connectivity index (χ2v) is 7.73. The lowest BCUT2D eigenvalue weighted by Crippen LogP contribution is -2.57. The van der Waals surface area contributed by atoms with Gasteiger partial charge in [-0.15, -0.1) is 0 Å². The Hall–Kier alpha value is -1.40. The molecule has 3 heterocycles. The number of likely N-dealkylation sites (N-methyl/N-ethyl adjacent to an activating group) is 1. The molecule has 1 N–H and O–H groups in total. The number of hydrogen-bond acceptors (Lipinski definition) is 4. The van der Waals surface area contributed by atoms with E-state index in [1.165, 1.54) is 19.3 Å². The summed E-state index contributed by atoms with van der Waals surface area (Å²) in [6, 6.07) is 0.744. The van der Waals surface area contributed by atoms with Gasteiger partial charge in [0.1, 0.15) is 11.9 Å². The molecule has 0 bridgehead atoms. The highest BCUT2D eigenvalue weighted by Crippen LogP contribution is 2.43. The molecule has 1 aromatic rings. The molecule has 4 rings (SSSR count). The Bertz CT molecular complexity index is 610. The van der Waals surface area contributed by atoms with Gasteiger partial charge in [0.05, 0.1) is 5.60 Å². The first-order valence-electron chi connectivity index (χ1n) is 9.21. The van der Waals surface area contributed by atoms with Crippen molar-refractivity contribution in [3.05, 3.63) is 18.2 Å². The molecular formula is C18H28N4O2. The Balaban J connectivity index is 1.51. The van der Waals surface area contributed by atoms with E-state index in [9.17, 15) is 4.79 Å². The molecule has 6 nitrogen and oxygen atoms in total. The number of rotatable bonds is 3. The summed E-state index contributed by atoms with van der Waals surface area (Å²) >= 11 is 0. The van der Waals surface area contributed by atoms with Crippen molar-refractivity contribution in [3.63, 3.8) is 0 Å². The molecule has 6 heteroatoms. The second-order valence-electron chi connectivity index (χ2n) is 7.73. The lowest BCUT2D eigenvalue weighted by Gasteiger charge is -2.49. The zero-order chi connectivity index (χ0) is 16.7. The molecule has 0 radical (unpaired) electrons. The molecule has 1 spiro atoms. The molecular weight excluding hydrogens is 304 g/mol. The van der Waals surface area contributed by atoms with Gasteiger partial charge < -0.3 is 19.5 Å². The summed E-state index contributed by atoms with van der Waals surface area (Å²) in [6.07, 6.45) is 11.1. The number of nitrogens with zero attached hydrogens (tertiary/aromatic N) is 3. The van der Waals surface area contributed by atoms with Crippen LogP contribution >= 0.6 is 0 Å². The smallest absolute Gasteiger partial charge is 0.223 e. The number of carbonyl (C=O) groups is 1. The predicted octanol–water partition coefficient (Wildman–Crippen LogP) is 1.77. The molecule has 1 aliphatic carbocycles. The van der Waals surface area contributed by atoms with Crippen LogP contribution in [-0.4, -0.2) is 51.7 Å². The summed E-state index contributed by atoms with van der Waals surface area (Å²) in [5, 5.41) is 3.87. The van der Waals surface area contributed by atoms with E-state index in [-0.39, 0.29) is 23.6 Å². The van der Waals surface area contributed by atoms with Gasteiger partial charge >= 0.3 is 0 Å². The average Bonchev–Trinajstić information content (AvgIpc) is 2.96. The van der Waals surface area contributed by atoms with Crippen LogP contribution in [0.1, 0.15) is 56.8 Å². The van der Waals surface area contributed by atoms with Gasteiger partial charge in [-0.3, -0.25) is 4.79 Å². The van der Waals surface area contributed by atoms with Crippen LogP contribution in [0.3, 0.4) is 0 Å². The van der Waals surface area contributed by atoms with Gasteiger partial charge in [-0.2, -0.15) is 0 Å². The summed E-state index contributed by atoms with van der Waals surface area (Å²) in [7, 11) is 3.91. The minimum Gasteiger partial charge on any atom is -0.375 e. The number of nitrogens with one attached hydrogen (secondary N) is 1. The number of piperidine rings is 1. The average molecular weight is 332 g/mol. The zero-order valence-electron chi connectivity index (χ0n) is 14.7. The van der Waals surface area contributed by atoms with E-state index < -0.39 is 0 Å². The maximum atomic E-state index is 12.2. The fourth-order valence-corrected chi connectivity index (χ4v) is 4.62. The minimum absolute atomic E-state index is 0.00596. The van der Waals surface area contributed by atoms with Gasteiger partial charge in [-0.25, -0.2) is 4.98 Å². The quantitative estimate of drug-likeness (QED) is 0.916. The maximum Gasteiger partial charge on any atom is 0.223 e. The van der Waals surface area contributed by atoms with Crippen molar-refractivity contribution >= 4 is 5.91 Å². The molecule has 2 aliphatic heterocycles. The molecule has 24 heavy (non-hydrogen) atoms. The van der Waals surface area contributed by atoms with E-state index in [0.29, 0.717) is 12.5 Å². The molecule has 0 aromatic carbocycles. The molecule has 132 valence electrons. The molecule has 3 fully saturated rings. The van der Waals surface area contributed by atoms with Crippen LogP contribution in [-0.2, 0) is 16.6 Å². The summed E-state index contributed by atoms with van der Waals surface area (Å²) in [5.41, 5.74) is 0.144. The molecule has 1 aromatic heterocycles. The summed E-state index contributed by atoms with van der Waals surface area (Å²) in [5.74, 6) is 1.18. The number of aromatic nitrogens is 2. The normalized spacial score (nSPS) is 32.8. The van der Waals surface area contributed by atoms with E-state index >= 15 is 0 Å². The van der Waals surface area contributed by atoms with Crippen molar-refractivity contribution in [2.24, 2.45) is 7.05 Å². The summed E-state index contributed by atoms with van der Waals surface area (Å²) < 4.78 is 8.09. The molecule has 1 amide bonds. The van der Waals surface area contributed by atoms with Crippen LogP contribution in [0.25, 0.3) is 0 Å². The fraction of sp³-hybridized carbons (Fsp3) is 0.778. The number of hydrogen-bond donors (Lipinski definition) is 1. The van der Waals surface area contributed by atoms with Gasteiger partial charge in [0.2, 0.25) is 5.91 Å². The molecule has 3 atom stereocenters.